The Bertz CT molecular complexity index is 1370. The number of para-hydroxylation sites is 1. The Hall–Kier alpha value is -3.13. The minimum Gasteiger partial charge on any atom is -0.488 e. The first-order valence-electron chi connectivity index (χ1n) is 10.6. The molecule has 1 aliphatic heterocycles. The molecule has 3 aromatic carbocycles. The molecular formula is C26H19BrCl2N2O4. The number of hydrogen-bond acceptors (Lipinski definition) is 4. The number of imide groups is 2. The predicted molar refractivity (Wildman–Crippen MR) is 140 cm³/mol. The van der Waals surface area contributed by atoms with E-state index in [1.165, 1.54) is 6.08 Å². The fourth-order valence-corrected chi connectivity index (χ4v) is 4.42. The number of aryl methyl sites for hydroxylation is 1. The van der Waals surface area contributed by atoms with Crippen molar-refractivity contribution in [1.82, 2.24) is 5.32 Å². The van der Waals surface area contributed by atoms with Crippen LogP contribution in [0.3, 0.4) is 0 Å². The van der Waals surface area contributed by atoms with E-state index in [1.54, 1.807) is 42.5 Å². The van der Waals surface area contributed by atoms with Crippen molar-refractivity contribution >= 4 is 68.7 Å². The van der Waals surface area contributed by atoms with E-state index < -0.39 is 17.8 Å². The van der Waals surface area contributed by atoms with Gasteiger partial charge in [0.05, 0.1) is 20.2 Å². The maximum absolute atomic E-state index is 13.2. The number of nitrogens with one attached hydrogen (secondary N) is 1. The molecular weight excluding hydrogens is 555 g/mol. The number of ether oxygens (including phenoxy) is 1. The van der Waals surface area contributed by atoms with Gasteiger partial charge in [-0.25, -0.2) is 9.69 Å². The zero-order chi connectivity index (χ0) is 25.1. The van der Waals surface area contributed by atoms with E-state index in [2.05, 4.69) is 21.2 Å². The van der Waals surface area contributed by atoms with E-state index in [0.29, 0.717) is 37.9 Å². The van der Waals surface area contributed by atoms with Gasteiger partial charge in [0, 0.05) is 0 Å². The summed E-state index contributed by atoms with van der Waals surface area (Å²) < 4.78 is 6.48. The number of urea groups is 1. The third-order valence-corrected chi connectivity index (χ3v) is 6.72. The van der Waals surface area contributed by atoms with Gasteiger partial charge in [-0.05, 0) is 75.4 Å². The molecule has 4 rings (SSSR count). The average Bonchev–Trinajstić information content (AvgIpc) is 2.83. The highest BCUT2D eigenvalue weighted by atomic mass is 79.9. The number of halogens is 3. The largest absolute Gasteiger partial charge is 0.488 e. The Morgan fingerprint density at radius 1 is 1.00 bits per heavy atom. The van der Waals surface area contributed by atoms with Crippen molar-refractivity contribution in [2.45, 2.75) is 20.0 Å². The van der Waals surface area contributed by atoms with Crippen LogP contribution in [0.25, 0.3) is 6.08 Å². The van der Waals surface area contributed by atoms with Crippen LogP contribution in [0.2, 0.25) is 10.0 Å². The van der Waals surface area contributed by atoms with E-state index in [4.69, 9.17) is 27.9 Å². The molecule has 1 aliphatic rings. The molecule has 0 bridgehead atoms. The minimum absolute atomic E-state index is 0.146. The van der Waals surface area contributed by atoms with Crippen LogP contribution < -0.4 is 15.0 Å². The van der Waals surface area contributed by atoms with Crippen LogP contribution in [-0.2, 0) is 22.6 Å². The minimum atomic E-state index is -0.773. The van der Waals surface area contributed by atoms with Gasteiger partial charge in [0.25, 0.3) is 11.8 Å². The van der Waals surface area contributed by atoms with Crippen molar-refractivity contribution < 1.29 is 19.1 Å². The molecule has 6 nitrogen and oxygen atoms in total. The first-order valence-corrected chi connectivity index (χ1v) is 12.2. The van der Waals surface area contributed by atoms with Gasteiger partial charge in [0.15, 0.2) is 0 Å². The first kappa shape index (κ1) is 25.0. The SMILES string of the molecule is CCc1ccccc1N1C(=O)NC(=O)/C(=C/c2ccc(OCc3ccc(Cl)c(Cl)c3)c(Br)c2)C1=O. The highest BCUT2D eigenvalue weighted by Crippen LogP contribution is 2.30. The average molecular weight is 574 g/mol. The molecule has 3 aromatic rings. The fraction of sp³-hybridized carbons (Fsp3) is 0.115. The van der Waals surface area contributed by atoms with Gasteiger partial charge in [0.2, 0.25) is 0 Å². The molecule has 0 aliphatic carbocycles. The smallest absolute Gasteiger partial charge is 0.335 e. The molecule has 0 unspecified atom stereocenters. The lowest BCUT2D eigenvalue weighted by atomic mass is 10.0. The molecule has 4 amide bonds. The molecule has 1 heterocycles. The number of amides is 4. The zero-order valence-electron chi connectivity index (χ0n) is 18.5. The lowest BCUT2D eigenvalue weighted by Gasteiger charge is -2.28. The second-order valence-corrected chi connectivity index (χ2v) is 9.34. The summed E-state index contributed by atoms with van der Waals surface area (Å²) in [6.07, 6.45) is 2.07. The summed E-state index contributed by atoms with van der Waals surface area (Å²) >= 11 is 15.5. The normalized spacial score (nSPS) is 14.9. The first-order chi connectivity index (χ1) is 16.8. The standard InChI is InChI=1S/C26H19BrCl2N2O4/c1-2-17-5-3-4-6-22(17)31-25(33)18(24(32)30-26(31)34)11-15-8-10-23(19(27)12-15)35-14-16-7-9-20(28)21(29)13-16/h3-13H,2,14H2,1H3,(H,30,32,34)/b18-11-. The molecule has 0 aromatic heterocycles. The van der Waals surface area contributed by atoms with Crippen LogP contribution in [-0.4, -0.2) is 17.8 Å². The van der Waals surface area contributed by atoms with Gasteiger partial charge in [0.1, 0.15) is 17.9 Å². The van der Waals surface area contributed by atoms with E-state index in [-0.39, 0.29) is 12.2 Å². The Morgan fingerprint density at radius 3 is 2.49 bits per heavy atom. The number of carbonyl (C=O) groups is 3. The van der Waals surface area contributed by atoms with Gasteiger partial charge >= 0.3 is 6.03 Å². The summed E-state index contributed by atoms with van der Waals surface area (Å²) in [4.78, 5) is 39.2. The molecule has 9 heteroatoms. The number of anilines is 1. The highest BCUT2D eigenvalue weighted by molar-refractivity contribution is 9.10. The van der Waals surface area contributed by atoms with E-state index in [0.717, 1.165) is 16.0 Å². The number of hydrogen-bond donors (Lipinski definition) is 1. The maximum Gasteiger partial charge on any atom is 0.335 e. The Labute approximate surface area is 220 Å². The summed E-state index contributed by atoms with van der Waals surface area (Å²) in [5.41, 5.74) is 2.54. The summed E-state index contributed by atoms with van der Waals surface area (Å²) in [7, 11) is 0. The fourth-order valence-electron chi connectivity index (χ4n) is 3.59. The number of benzene rings is 3. The summed E-state index contributed by atoms with van der Waals surface area (Å²) in [6, 6.07) is 16.7. The molecule has 1 saturated heterocycles. The second kappa shape index (κ2) is 10.6. The van der Waals surface area contributed by atoms with E-state index in [1.807, 2.05) is 25.1 Å². The van der Waals surface area contributed by atoms with Gasteiger partial charge in [-0.1, -0.05) is 60.5 Å². The van der Waals surface area contributed by atoms with E-state index in [9.17, 15) is 14.4 Å². The molecule has 35 heavy (non-hydrogen) atoms. The van der Waals surface area contributed by atoms with Crippen molar-refractivity contribution in [3.8, 4) is 5.75 Å². The Morgan fingerprint density at radius 2 is 1.77 bits per heavy atom. The van der Waals surface area contributed by atoms with Crippen LogP contribution in [0.1, 0.15) is 23.6 Å². The Kier molecular flexibility index (Phi) is 7.60. The monoisotopic (exact) mass is 572 g/mol. The Balaban J connectivity index is 1.57. The summed E-state index contributed by atoms with van der Waals surface area (Å²) in [5.74, 6) is -0.872. The molecule has 0 atom stereocenters. The number of rotatable bonds is 6. The van der Waals surface area contributed by atoms with Crippen LogP contribution >= 0.6 is 39.1 Å². The van der Waals surface area contributed by atoms with Crippen LogP contribution in [0.5, 0.6) is 5.75 Å². The van der Waals surface area contributed by atoms with Crippen molar-refractivity contribution in [2.75, 3.05) is 4.90 Å². The van der Waals surface area contributed by atoms with Crippen LogP contribution in [0.15, 0.2) is 70.7 Å². The molecule has 1 fully saturated rings. The lowest BCUT2D eigenvalue weighted by molar-refractivity contribution is -0.122. The predicted octanol–water partition coefficient (Wildman–Crippen LogP) is 6.56. The van der Waals surface area contributed by atoms with E-state index >= 15 is 0 Å². The number of nitrogens with zero attached hydrogens (tertiary/aromatic N) is 1. The molecule has 0 saturated carbocycles. The highest BCUT2D eigenvalue weighted by Gasteiger charge is 2.37. The molecule has 178 valence electrons. The quantitative estimate of drug-likeness (QED) is 0.267. The van der Waals surface area contributed by atoms with Crippen LogP contribution in [0.4, 0.5) is 10.5 Å². The van der Waals surface area contributed by atoms with Crippen molar-refractivity contribution in [3.63, 3.8) is 0 Å². The van der Waals surface area contributed by atoms with Crippen molar-refractivity contribution in [2.24, 2.45) is 0 Å². The summed E-state index contributed by atoms with van der Waals surface area (Å²) in [5, 5.41) is 3.16. The van der Waals surface area contributed by atoms with Gasteiger partial charge < -0.3 is 4.74 Å². The number of barbiturate groups is 1. The molecule has 1 N–H and O–H groups in total. The van der Waals surface area contributed by atoms with Crippen molar-refractivity contribution in [3.05, 3.63) is 97.4 Å². The molecule has 0 spiro atoms. The molecule has 0 radical (unpaired) electrons. The maximum atomic E-state index is 13.2. The summed E-state index contributed by atoms with van der Waals surface area (Å²) in [6.45, 7) is 2.19. The zero-order valence-corrected chi connectivity index (χ0v) is 21.6. The topological polar surface area (TPSA) is 75.7 Å². The third kappa shape index (κ3) is 5.42. The lowest BCUT2D eigenvalue weighted by Crippen LogP contribution is -2.54. The van der Waals surface area contributed by atoms with Crippen molar-refractivity contribution in [1.29, 1.82) is 0 Å². The second-order valence-electron chi connectivity index (χ2n) is 7.67. The van der Waals surface area contributed by atoms with Gasteiger partial charge in [-0.2, -0.15) is 0 Å². The van der Waals surface area contributed by atoms with Gasteiger partial charge in [-0.3, -0.25) is 14.9 Å². The third-order valence-electron chi connectivity index (χ3n) is 5.36. The van der Waals surface area contributed by atoms with Crippen LogP contribution in [0, 0.1) is 0 Å². The number of carbonyl (C=O) groups excluding carboxylic acids is 3. The van der Waals surface area contributed by atoms with Gasteiger partial charge in [-0.15, -0.1) is 0 Å².